The monoisotopic (exact) mass is 237 g/mol. The van der Waals surface area contributed by atoms with Crippen LogP contribution in [0.5, 0.6) is 5.75 Å². The van der Waals surface area contributed by atoms with E-state index in [9.17, 15) is 9.90 Å². The number of benzene rings is 1. The van der Waals surface area contributed by atoms with Crippen LogP contribution in [0.2, 0.25) is 0 Å². The van der Waals surface area contributed by atoms with Gasteiger partial charge in [0.05, 0.1) is 12.3 Å². The van der Waals surface area contributed by atoms with E-state index in [4.69, 9.17) is 4.74 Å². The van der Waals surface area contributed by atoms with Gasteiger partial charge in [-0.25, -0.2) is 4.79 Å². The second-order valence-electron chi connectivity index (χ2n) is 4.73. The summed E-state index contributed by atoms with van der Waals surface area (Å²) in [6.45, 7) is 7.82. The van der Waals surface area contributed by atoms with Crippen molar-refractivity contribution in [3.63, 3.8) is 0 Å². The highest BCUT2D eigenvalue weighted by Crippen LogP contribution is 2.27. The zero-order chi connectivity index (χ0) is 13.1. The minimum Gasteiger partial charge on any atom is -0.508 e. The molecule has 0 aliphatic heterocycles. The summed E-state index contributed by atoms with van der Waals surface area (Å²) in [6.07, 6.45) is -0.411. The van der Waals surface area contributed by atoms with Crippen molar-refractivity contribution >= 4 is 11.8 Å². The van der Waals surface area contributed by atoms with Gasteiger partial charge in [-0.3, -0.25) is 4.90 Å². The van der Waals surface area contributed by atoms with Gasteiger partial charge in [-0.05, 0) is 39.8 Å². The Morgan fingerprint density at radius 2 is 2.06 bits per heavy atom. The number of hydrogen-bond acceptors (Lipinski definition) is 3. The van der Waals surface area contributed by atoms with Gasteiger partial charge in [-0.2, -0.15) is 0 Å². The topological polar surface area (TPSA) is 49.8 Å². The molecular formula is C13H19NO3. The van der Waals surface area contributed by atoms with Crippen LogP contribution in [0, 0.1) is 0 Å². The van der Waals surface area contributed by atoms with Crippen LogP contribution in [0.1, 0.15) is 27.7 Å². The molecule has 0 aliphatic rings. The molecule has 4 nitrogen and oxygen atoms in total. The summed E-state index contributed by atoms with van der Waals surface area (Å²) in [7, 11) is 0. The number of phenols is 1. The van der Waals surface area contributed by atoms with Crippen molar-refractivity contribution in [3.05, 3.63) is 24.3 Å². The van der Waals surface area contributed by atoms with Gasteiger partial charge >= 0.3 is 6.09 Å². The number of anilines is 1. The van der Waals surface area contributed by atoms with Crippen molar-refractivity contribution in [2.45, 2.75) is 33.2 Å². The first kappa shape index (κ1) is 13.4. The highest BCUT2D eigenvalue weighted by molar-refractivity contribution is 5.89. The quantitative estimate of drug-likeness (QED) is 0.859. The number of carbonyl (C=O) groups is 1. The Morgan fingerprint density at radius 1 is 1.41 bits per heavy atom. The fourth-order valence-electron chi connectivity index (χ4n) is 1.59. The third-order valence-electron chi connectivity index (χ3n) is 2.21. The predicted molar refractivity (Wildman–Crippen MR) is 67.4 cm³/mol. The van der Waals surface area contributed by atoms with E-state index < -0.39 is 11.6 Å². The standard InChI is InChI=1S/C13H19NO3/c1-5-17-12(16)14(13(2,3)4)10-7-6-8-11(15)9-10/h6-9,15H,5H2,1-4H3. The van der Waals surface area contributed by atoms with Gasteiger partial charge in [0.2, 0.25) is 0 Å². The van der Waals surface area contributed by atoms with Gasteiger partial charge in [0.1, 0.15) is 5.75 Å². The molecule has 0 unspecified atom stereocenters. The summed E-state index contributed by atoms with van der Waals surface area (Å²) in [6, 6.07) is 6.57. The summed E-state index contributed by atoms with van der Waals surface area (Å²) in [4.78, 5) is 13.4. The van der Waals surface area contributed by atoms with E-state index in [2.05, 4.69) is 0 Å². The second kappa shape index (κ2) is 5.08. The molecule has 0 bridgehead atoms. The van der Waals surface area contributed by atoms with Gasteiger partial charge < -0.3 is 9.84 Å². The molecule has 1 aromatic rings. The summed E-state index contributed by atoms with van der Waals surface area (Å²) in [5.41, 5.74) is 0.205. The number of carbonyl (C=O) groups excluding carboxylic acids is 1. The average Bonchev–Trinajstić information content (AvgIpc) is 2.15. The smallest absolute Gasteiger partial charge is 0.414 e. The first-order chi connectivity index (χ1) is 7.86. The lowest BCUT2D eigenvalue weighted by molar-refractivity contribution is 0.154. The maximum atomic E-state index is 11.9. The van der Waals surface area contributed by atoms with Crippen LogP contribution in [-0.4, -0.2) is 23.3 Å². The van der Waals surface area contributed by atoms with Crippen molar-refractivity contribution in [2.75, 3.05) is 11.5 Å². The Bertz CT molecular complexity index is 396. The molecule has 0 aliphatic carbocycles. The normalized spacial score (nSPS) is 11.1. The molecule has 1 amide bonds. The van der Waals surface area contributed by atoms with Gasteiger partial charge in [0.25, 0.3) is 0 Å². The van der Waals surface area contributed by atoms with Gasteiger partial charge in [0, 0.05) is 11.6 Å². The van der Waals surface area contributed by atoms with E-state index in [-0.39, 0.29) is 5.75 Å². The molecule has 1 rings (SSSR count). The average molecular weight is 237 g/mol. The highest BCUT2D eigenvalue weighted by Gasteiger charge is 2.29. The lowest BCUT2D eigenvalue weighted by Gasteiger charge is -2.34. The molecule has 94 valence electrons. The van der Waals surface area contributed by atoms with Crippen molar-refractivity contribution in [1.29, 1.82) is 0 Å². The SMILES string of the molecule is CCOC(=O)N(c1cccc(O)c1)C(C)(C)C. The van der Waals surface area contributed by atoms with E-state index in [1.54, 1.807) is 31.2 Å². The molecule has 0 fully saturated rings. The molecule has 17 heavy (non-hydrogen) atoms. The number of phenolic OH excluding ortho intramolecular Hbond substituents is 1. The number of hydrogen-bond donors (Lipinski definition) is 1. The van der Waals surface area contributed by atoms with Crippen LogP contribution >= 0.6 is 0 Å². The Labute approximate surface area is 102 Å². The summed E-state index contributed by atoms with van der Waals surface area (Å²) in [5, 5.41) is 9.46. The largest absolute Gasteiger partial charge is 0.508 e. The van der Waals surface area contributed by atoms with Crippen molar-refractivity contribution < 1.29 is 14.6 Å². The van der Waals surface area contributed by atoms with E-state index in [1.807, 2.05) is 20.8 Å². The van der Waals surface area contributed by atoms with E-state index >= 15 is 0 Å². The van der Waals surface area contributed by atoms with E-state index in [0.29, 0.717) is 12.3 Å². The van der Waals surface area contributed by atoms with Crippen LogP contribution in [0.3, 0.4) is 0 Å². The molecule has 0 aromatic heterocycles. The summed E-state index contributed by atoms with van der Waals surface area (Å²) in [5.74, 6) is 0.126. The van der Waals surface area contributed by atoms with Crippen LogP contribution in [0.15, 0.2) is 24.3 Å². The fraction of sp³-hybridized carbons (Fsp3) is 0.462. The van der Waals surface area contributed by atoms with Crippen molar-refractivity contribution in [3.8, 4) is 5.75 Å². The van der Waals surface area contributed by atoms with Crippen LogP contribution in [0.4, 0.5) is 10.5 Å². The van der Waals surface area contributed by atoms with Crippen molar-refractivity contribution in [1.82, 2.24) is 0 Å². The minimum absolute atomic E-state index is 0.126. The number of rotatable bonds is 2. The van der Waals surface area contributed by atoms with Crippen LogP contribution in [0.25, 0.3) is 0 Å². The number of amides is 1. The third-order valence-corrected chi connectivity index (χ3v) is 2.21. The highest BCUT2D eigenvalue weighted by atomic mass is 16.6. The first-order valence-electron chi connectivity index (χ1n) is 5.62. The third kappa shape index (κ3) is 3.37. The van der Waals surface area contributed by atoms with Gasteiger partial charge in [-0.15, -0.1) is 0 Å². The summed E-state index contributed by atoms with van der Waals surface area (Å²) >= 11 is 0. The molecule has 0 saturated carbocycles. The zero-order valence-corrected chi connectivity index (χ0v) is 10.7. The lowest BCUT2D eigenvalue weighted by Crippen LogP contribution is -2.46. The number of nitrogens with zero attached hydrogens (tertiary/aromatic N) is 1. The molecule has 1 aromatic carbocycles. The predicted octanol–water partition coefficient (Wildman–Crippen LogP) is 3.15. The second-order valence-corrected chi connectivity index (χ2v) is 4.73. The zero-order valence-electron chi connectivity index (χ0n) is 10.7. The Morgan fingerprint density at radius 3 is 2.53 bits per heavy atom. The molecule has 0 radical (unpaired) electrons. The minimum atomic E-state index is -0.417. The van der Waals surface area contributed by atoms with E-state index in [0.717, 1.165) is 0 Å². The Hall–Kier alpha value is -1.71. The molecule has 4 heteroatoms. The molecule has 0 atom stereocenters. The molecule has 0 heterocycles. The molecule has 1 N–H and O–H groups in total. The maximum Gasteiger partial charge on any atom is 0.414 e. The van der Waals surface area contributed by atoms with Gasteiger partial charge in [-0.1, -0.05) is 6.07 Å². The molecule has 0 saturated heterocycles. The Balaban J connectivity index is 3.11. The summed E-state index contributed by atoms with van der Waals surface area (Å²) < 4.78 is 5.03. The molecule has 0 spiro atoms. The number of aromatic hydroxyl groups is 1. The Kier molecular flexibility index (Phi) is 3.99. The first-order valence-corrected chi connectivity index (χ1v) is 5.62. The van der Waals surface area contributed by atoms with Crippen molar-refractivity contribution in [2.24, 2.45) is 0 Å². The van der Waals surface area contributed by atoms with E-state index in [1.165, 1.54) is 4.90 Å². The van der Waals surface area contributed by atoms with Crippen LogP contribution < -0.4 is 4.90 Å². The van der Waals surface area contributed by atoms with Crippen LogP contribution in [-0.2, 0) is 4.74 Å². The number of ether oxygens (including phenoxy) is 1. The lowest BCUT2D eigenvalue weighted by atomic mass is 10.1. The molecular weight excluding hydrogens is 218 g/mol. The fourth-order valence-corrected chi connectivity index (χ4v) is 1.59. The van der Waals surface area contributed by atoms with Gasteiger partial charge in [0.15, 0.2) is 0 Å². The maximum absolute atomic E-state index is 11.9.